The van der Waals surface area contributed by atoms with E-state index >= 15 is 0 Å². The molecule has 0 radical (unpaired) electrons. The minimum Gasteiger partial charge on any atom is -0.476 e. The van der Waals surface area contributed by atoms with E-state index in [0.29, 0.717) is 30.0 Å². The van der Waals surface area contributed by atoms with E-state index in [1.807, 2.05) is 13.8 Å². The molecule has 0 saturated carbocycles. The Balaban J connectivity index is 2.74. The lowest BCUT2D eigenvalue weighted by Gasteiger charge is -2.18. The summed E-state index contributed by atoms with van der Waals surface area (Å²) in [4.78, 5) is 4.26. The van der Waals surface area contributed by atoms with Crippen LogP contribution in [0, 0.1) is 5.92 Å². The molecule has 1 atom stereocenters. The van der Waals surface area contributed by atoms with Crippen LogP contribution in [0.1, 0.15) is 34.1 Å². The molecule has 17 heavy (non-hydrogen) atoms. The lowest BCUT2D eigenvalue weighted by molar-refractivity contribution is 0.161. The lowest BCUT2D eigenvalue weighted by atomic mass is 10.1. The largest absolute Gasteiger partial charge is 0.476 e. The predicted octanol–water partition coefficient (Wildman–Crippen LogP) is 2.88. The van der Waals surface area contributed by atoms with Gasteiger partial charge >= 0.3 is 0 Å². The summed E-state index contributed by atoms with van der Waals surface area (Å²) in [5.41, 5.74) is 6.32. The maximum absolute atomic E-state index is 5.78. The molecule has 1 rings (SSSR count). The number of nitrogen functional groups attached to an aromatic ring is 1. The Bertz CT molecular complexity index is 353. The number of nitrogens with zero attached hydrogens (tertiary/aromatic N) is 1. The van der Waals surface area contributed by atoms with E-state index in [9.17, 15) is 0 Å². The molecule has 0 amide bonds. The van der Waals surface area contributed by atoms with Crippen molar-refractivity contribution >= 4 is 5.69 Å². The number of rotatable bonds is 6. The number of hydrogen-bond donors (Lipinski definition) is 1. The standard InChI is InChI=1S/C13H22N2O2/c1-5-8-16-13-11(14)6-7-12(15-13)17-10(4)9(2)3/h6-7,9-10H,5,8,14H2,1-4H3. The molecule has 4 nitrogen and oxygen atoms in total. The molecule has 1 unspecified atom stereocenters. The number of nitrogens with two attached hydrogens (primary N) is 1. The topological polar surface area (TPSA) is 57.4 Å². The van der Waals surface area contributed by atoms with Crippen LogP contribution in [0.3, 0.4) is 0 Å². The Morgan fingerprint density at radius 3 is 2.59 bits per heavy atom. The Hall–Kier alpha value is -1.45. The van der Waals surface area contributed by atoms with Crippen molar-refractivity contribution in [3.8, 4) is 11.8 Å². The summed E-state index contributed by atoms with van der Waals surface area (Å²) < 4.78 is 11.2. The van der Waals surface area contributed by atoms with Gasteiger partial charge in [-0.2, -0.15) is 4.98 Å². The van der Waals surface area contributed by atoms with Gasteiger partial charge in [0.2, 0.25) is 11.8 Å². The van der Waals surface area contributed by atoms with Crippen molar-refractivity contribution in [3.63, 3.8) is 0 Å². The van der Waals surface area contributed by atoms with Gasteiger partial charge < -0.3 is 15.2 Å². The van der Waals surface area contributed by atoms with Crippen molar-refractivity contribution in [3.05, 3.63) is 12.1 Å². The van der Waals surface area contributed by atoms with Crippen molar-refractivity contribution in [2.75, 3.05) is 12.3 Å². The van der Waals surface area contributed by atoms with E-state index in [1.165, 1.54) is 0 Å². The van der Waals surface area contributed by atoms with Gasteiger partial charge in [-0.3, -0.25) is 0 Å². The van der Waals surface area contributed by atoms with Crippen LogP contribution in [0.2, 0.25) is 0 Å². The molecule has 4 heteroatoms. The molecule has 0 aliphatic heterocycles. The minimum absolute atomic E-state index is 0.116. The second kappa shape index (κ2) is 6.33. The van der Waals surface area contributed by atoms with E-state index in [-0.39, 0.29) is 6.10 Å². The third kappa shape index (κ3) is 4.13. The Morgan fingerprint density at radius 1 is 1.29 bits per heavy atom. The zero-order chi connectivity index (χ0) is 12.8. The van der Waals surface area contributed by atoms with Gasteiger partial charge in [0.05, 0.1) is 18.4 Å². The molecule has 96 valence electrons. The van der Waals surface area contributed by atoms with Gasteiger partial charge in [0, 0.05) is 6.07 Å². The summed E-state index contributed by atoms with van der Waals surface area (Å²) in [6.45, 7) is 8.89. The number of aromatic nitrogens is 1. The van der Waals surface area contributed by atoms with E-state index in [2.05, 4.69) is 18.8 Å². The first-order chi connectivity index (χ1) is 8.04. The second-order valence-corrected chi connectivity index (χ2v) is 4.46. The molecule has 0 aromatic carbocycles. The number of ether oxygens (including phenoxy) is 2. The average molecular weight is 238 g/mol. The number of hydrogen-bond acceptors (Lipinski definition) is 4. The fourth-order valence-electron chi connectivity index (χ4n) is 1.14. The smallest absolute Gasteiger partial charge is 0.240 e. The molecule has 0 spiro atoms. The van der Waals surface area contributed by atoms with Crippen LogP contribution in [0.15, 0.2) is 12.1 Å². The molecule has 0 aliphatic carbocycles. The van der Waals surface area contributed by atoms with Gasteiger partial charge in [-0.1, -0.05) is 20.8 Å². The number of anilines is 1. The van der Waals surface area contributed by atoms with E-state index in [0.717, 1.165) is 6.42 Å². The minimum atomic E-state index is 0.116. The molecular formula is C13H22N2O2. The first kappa shape index (κ1) is 13.6. The molecule has 2 N–H and O–H groups in total. The highest BCUT2D eigenvalue weighted by atomic mass is 16.5. The zero-order valence-corrected chi connectivity index (χ0v) is 11.1. The normalized spacial score (nSPS) is 12.5. The van der Waals surface area contributed by atoms with Crippen molar-refractivity contribution < 1.29 is 9.47 Å². The quantitative estimate of drug-likeness (QED) is 0.828. The second-order valence-electron chi connectivity index (χ2n) is 4.46. The molecule has 0 aliphatic rings. The van der Waals surface area contributed by atoms with Crippen LogP contribution in [-0.2, 0) is 0 Å². The van der Waals surface area contributed by atoms with E-state index in [4.69, 9.17) is 15.2 Å². The SMILES string of the molecule is CCCOc1nc(OC(C)C(C)C)ccc1N. The summed E-state index contributed by atoms with van der Waals surface area (Å²) in [5.74, 6) is 1.46. The first-order valence-corrected chi connectivity index (χ1v) is 6.10. The van der Waals surface area contributed by atoms with Crippen molar-refractivity contribution in [2.45, 2.75) is 40.2 Å². The average Bonchev–Trinajstić information content (AvgIpc) is 2.29. The van der Waals surface area contributed by atoms with Gasteiger partial charge in [0.1, 0.15) is 0 Å². The van der Waals surface area contributed by atoms with Crippen LogP contribution in [0.4, 0.5) is 5.69 Å². The highest BCUT2D eigenvalue weighted by Crippen LogP contribution is 2.23. The Kier molecular flexibility index (Phi) is 5.07. The van der Waals surface area contributed by atoms with Crippen LogP contribution in [0.5, 0.6) is 11.8 Å². The van der Waals surface area contributed by atoms with Crippen molar-refractivity contribution in [2.24, 2.45) is 5.92 Å². The summed E-state index contributed by atoms with van der Waals surface area (Å²) >= 11 is 0. The Labute approximate surface area is 103 Å². The monoisotopic (exact) mass is 238 g/mol. The molecule has 0 fully saturated rings. The molecule has 0 bridgehead atoms. The highest BCUT2D eigenvalue weighted by molar-refractivity contribution is 5.49. The summed E-state index contributed by atoms with van der Waals surface area (Å²) in [7, 11) is 0. The third-order valence-corrected chi connectivity index (χ3v) is 2.55. The van der Waals surface area contributed by atoms with Crippen LogP contribution in [-0.4, -0.2) is 17.7 Å². The first-order valence-electron chi connectivity index (χ1n) is 6.10. The molecule has 1 aromatic heterocycles. The van der Waals surface area contributed by atoms with Gasteiger partial charge in [0.25, 0.3) is 0 Å². The van der Waals surface area contributed by atoms with Gasteiger partial charge in [0.15, 0.2) is 0 Å². The summed E-state index contributed by atoms with van der Waals surface area (Å²) in [6.07, 6.45) is 1.04. The molecular weight excluding hydrogens is 216 g/mol. The van der Waals surface area contributed by atoms with Crippen LogP contribution in [0.25, 0.3) is 0 Å². The fourth-order valence-corrected chi connectivity index (χ4v) is 1.14. The summed E-state index contributed by atoms with van der Waals surface area (Å²) in [6, 6.07) is 3.54. The maximum atomic E-state index is 5.78. The zero-order valence-electron chi connectivity index (χ0n) is 11.1. The van der Waals surface area contributed by atoms with E-state index in [1.54, 1.807) is 12.1 Å². The third-order valence-electron chi connectivity index (χ3n) is 2.55. The summed E-state index contributed by atoms with van der Waals surface area (Å²) in [5, 5.41) is 0. The van der Waals surface area contributed by atoms with Crippen molar-refractivity contribution in [1.82, 2.24) is 4.98 Å². The lowest BCUT2D eigenvalue weighted by Crippen LogP contribution is -2.19. The van der Waals surface area contributed by atoms with Gasteiger partial charge in [-0.25, -0.2) is 0 Å². The highest BCUT2D eigenvalue weighted by Gasteiger charge is 2.11. The van der Waals surface area contributed by atoms with Gasteiger partial charge in [-0.15, -0.1) is 0 Å². The van der Waals surface area contributed by atoms with Crippen LogP contribution >= 0.6 is 0 Å². The van der Waals surface area contributed by atoms with Crippen LogP contribution < -0.4 is 15.2 Å². The van der Waals surface area contributed by atoms with E-state index < -0.39 is 0 Å². The number of pyridine rings is 1. The Morgan fingerprint density at radius 2 is 2.00 bits per heavy atom. The molecule has 0 saturated heterocycles. The fraction of sp³-hybridized carbons (Fsp3) is 0.615. The molecule has 1 aromatic rings. The predicted molar refractivity (Wildman–Crippen MR) is 69.4 cm³/mol. The molecule has 1 heterocycles. The van der Waals surface area contributed by atoms with Gasteiger partial charge in [-0.05, 0) is 25.3 Å². The maximum Gasteiger partial charge on any atom is 0.240 e. The van der Waals surface area contributed by atoms with Crippen molar-refractivity contribution in [1.29, 1.82) is 0 Å².